The molecule has 0 saturated heterocycles. The van der Waals surface area contributed by atoms with E-state index in [1.54, 1.807) is 18.2 Å². The maximum Gasteiger partial charge on any atom is 0.337 e. The first kappa shape index (κ1) is 18.6. The minimum absolute atomic E-state index is 0.274. The molecule has 0 spiro atoms. The topological polar surface area (TPSA) is 55.1 Å². The molecule has 0 amide bonds. The summed E-state index contributed by atoms with van der Waals surface area (Å²) in [5, 5.41) is 10.8. The van der Waals surface area contributed by atoms with Gasteiger partial charge in [-0.15, -0.1) is 0 Å². The third-order valence-corrected chi connectivity index (χ3v) is 5.83. The van der Waals surface area contributed by atoms with Crippen molar-refractivity contribution in [2.45, 2.75) is 25.2 Å². The normalized spacial score (nSPS) is 13.7. The van der Waals surface area contributed by atoms with E-state index in [1.807, 2.05) is 30.1 Å². The summed E-state index contributed by atoms with van der Waals surface area (Å²) in [5.74, 6) is -0.765. The van der Waals surface area contributed by atoms with Gasteiger partial charge in [-0.3, -0.25) is 4.98 Å². The van der Waals surface area contributed by atoms with Crippen molar-refractivity contribution >= 4 is 16.9 Å². The SMILES string of the molecule is Cn1ccc2cc(Cc3ncc(C4CC4)cc3C(=O)O)cc(-c3ccc(F)cc3)c21. The Morgan fingerprint density at radius 1 is 1.17 bits per heavy atom. The summed E-state index contributed by atoms with van der Waals surface area (Å²) in [6.07, 6.45) is 6.44. The number of rotatable bonds is 5. The van der Waals surface area contributed by atoms with Gasteiger partial charge in [0.1, 0.15) is 5.82 Å². The minimum atomic E-state index is -0.945. The van der Waals surface area contributed by atoms with Gasteiger partial charge in [0.25, 0.3) is 0 Å². The Morgan fingerprint density at radius 3 is 2.63 bits per heavy atom. The molecule has 1 aliphatic carbocycles. The predicted octanol–water partition coefficient (Wildman–Crippen LogP) is 5.55. The average Bonchev–Trinajstić information content (AvgIpc) is 3.52. The predicted molar refractivity (Wildman–Crippen MR) is 114 cm³/mol. The Labute approximate surface area is 173 Å². The van der Waals surface area contributed by atoms with Crippen molar-refractivity contribution in [3.05, 3.63) is 89.1 Å². The molecule has 1 aliphatic rings. The Morgan fingerprint density at radius 2 is 1.93 bits per heavy atom. The third kappa shape index (κ3) is 3.36. The number of aromatic nitrogens is 2. The van der Waals surface area contributed by atoms with E-state index in [4.69, 9.17) is 0 Å². The summed E-state index contributed by atoms with van der Waals surface area (Å²) in [5.41, 5.74) is 5.79. The van der Waals surface area contributed by atoms with Crippen LogP contribution in [0.2, 0.25) is 0 Å². The van der Waals surface area contributed by atoms with Gasteiger partial charge in [-0.2, -0.15) is 0 Å². The maximum absolute atomic E-state index is 13.4. The van der Waals surface area contributed by atoms with E-state index in [2.05, 4.69) is 17.1 Å². The van der Waals surface area contributed by atoms with Crippen molar-refractivity contribution in [3.63, 3.8) is 0 Å². The lowest BCUT2D eigenvalue weighted by Gasteiger charge is -2.12. The molecule has 4 aromatic rings. The number of benzene rings is 2. The van der Waals surface area contributed by atoms with Crippen LogP contribution in [0.4, 0.5) is 4.39 Å². The van der Waals surface area contributed by atoms with Gasteiger partial charge < -0.3 is 9.67 Å². The van der Waals surface area contributed by atoms with Crippen molar-refractivity contribution in [2.24, 2.45) is 7.05 Å². The first-order chi connectivity index (χ1) is 14.5. The van der Waals surface area contributed by atoms with Crippen LogP contribution in [-0.2, 0) is 13.5 Å². The zero-order valence-electron chi connectivity index (χ0n) is 16.6. The van der Waals surface area contributed by atoms with Crippen LogP contribution >= 0.6 is 0 Å². The van der Waals surface area contributed by atoms with Crippen molar-refractivity contribution in [1.82, 2.24) is 9.55 Å². The molecule has 0 radical (unpaired) electrons. The number of hydrogen-bond acceptors (Lipinski definition) is 2. The van der Waals surface area contributed by atoms with Gasteiger partial charge in [-0.25, -0.2) is 9.18 Å². The second-order valence-corrected chi connectivity index (χ2v) is 8.03. The van der Waals surface area contributed by atoms with E-state index in [-0.39, 0.29) is 11.4 Å². The van der Waals surface area contributed by atoms with E-state index in [0.29, 0.717) is 18.0 Å². The van der Waals surface area contributed by atoms with Crippen LogP contribution in [0, 0.1) is 5.82 Å². The number of hydrogen-bond donors (Lipinski definition) is 1. The molecule has 1 fully saturated rings. The van der Waals surface area contributed by atoms with Crippen LogP contribution in [0.1, 0.15) is 45.9 Å². The highest BCUT2D eigenvalue weighted by molar-refractivity contribution is 5.95. The van der Waals surface area contributed by atoms with Gasteiger partial charge in [0.15, 0.2) is 0 Å². The third-order valence-electron chi connectivity index (χ3n) is 5.83. The highest BCUT2D eigenvalue weighted by atomic mass is 19.1. The lowest BCUT2D eigenvalue weighted by Crippen LogP contribution is -2.07. The van der Waals surface area contributed by atoms with Gasteiger partial charge in [0, 0.05) is 36.8 Å². The Hall–Kier alpha value is -3.47. The summed E-state index contributed by atoms with van der Waals surface area (Å²) < 4.78 is 15.5. The van der Waals surface area contributed by atoms with Crippen molar-refractivity contribution in [1.29, 1.82) is 0 Å². The van der Waals surface area contributed by atoms with E-state index < -0.39 is 5.97 Å². The molecule has 0 aliphatic heterocycles. The molecule has 0 bridgehead atoms. The zero-order valence-corrected chi connectivity index (χ0v) is 16.6. The summed E-state index contributed by atoms with van der Waals surface area (Å²) in [6.45, 7) is 0. The number of pyridine rings is 1. The van der Waals surface area contributed by atoms with Crippen molar-refractivity contribution in [3.8, 4) is 11.1 Å². The van der Waals surface area contributed by atoms with Crippen LogP contribution in [0.5, 0.6) is 0 Å². The number of halogens is 1. The van der Waals surface area contributed by atoms with Gasteiger partial charge in [-0.1, -0.05) is 12.1 Å². The van der Waals surface area contributed by atoms with Crippen LogP contribution in [0.3, 0.4) is 0 Å². The van der Waals surface area contributed by atoms with Gasteiger partial charge >= 0.3 is 5.97 Å². The van der Waals surface area contributed by atoms with E-state index in [1.165, 1.54) is 12.1 Å². The molecule has 1 saturated carbocycles. The zero-order chi connectivity index (χ0) is 20.8. The molecule has 5 rings (SSSR count). The summed E-state index contributed by atoms with van der Waals surface area (Å²) in [4.78, 5) is 16.4. The number of carbonyl (C=O) groups is 1. The van der Waals surface area contributed by atoms with Crippen molar-refractivity contribution < 1.29 is 14.3 Å². The van der Waals surface area contributed by atoms with Crippen LogP contribution in [0.25, 0.3) is 22.0 Å². The second-order valence-electron chi connectivity index (χ2n) is 8.03. The molecule has 5 heteroatoms. The van der Waals surface area contributed by atoms with E-state index in [0.717, 1.165) is 46.0 Å². The number of nitrogens with zero attached hydrogens (tertiary/aromatic N) is 2. The number of carboxylic acids is 1. The lowest BCUT2D eigenvalue weighted by molar-refractivity contribution is 0.0695. The fraction of sp³-hybridized carbons (Fsp3) is 0.200. The fourth-order valence-electron chi connectivity index (χ4n) is 4.13. The lowest BCUT2D eigenvalue weighted by atomic mass is 9.96. The summed E-state index contributed by atoms with van der Waals surface area (Å²) >= 11 is 0. The molecule has 2 heterocycles. The molecule has 2 aromatic carbocycles. The molecular formula is C25H21FN2O2. The molecule has 0 atom stereocenters. The Kier molecular flexibility index (Phi) is 4.39. The van der Waals surface area contributed by atoms with E-state index in [9.17, 15) is 14.3 Å². The number of aromatic carboxylic acids is 1. The molecule has 30 heavy (non-hydrogen) atoms. The molecular weight excluding hydrogens is 379 g/mol. The second kappa shape index (κ2) is 7.10. The first-order valence-electron chi connectivity index (χ1n) is 10.1. The van der Waals surface area contributed by atoms with Gasteiger partial charge in [0.2, 0.25) is 0 Å². The largest absolute Gasteiger partial charge is 0.478 e. The summed E-state index contributed by atoms with van der Waals surface area (Å²) in [6, 6.07) is 14.4. The quantitative estimate of drug-likeness (QED) is 0.478. The van der Waals surface area contributed by atoms with Crippen LogP contribution in [-0.4, -0.2) is 20.6 Å². The smallest absolute Gasteiger partial charge is 0.337 e. The number of aryl methyl sites for hydroxylation is 1. The highest BCUT2D eigenvalue weighted by Gasteiger charge is 2.26. The Bertz CT molecular complexity index is 1270. The van der Waals surface area contributed by atoms with Crippen LogP contribution in [0.15, 0.2) is 60.9 Å². The van der Waals surface area contributed by atoms with Gasteiger partial charge in [0.05, 0.1) is 16.8 Å². The molecule has 4 nitrogen and oxygen atoms in total. The standard InChI is InChI=1S/C25H21FN2O2/c1-28-9-8-18-10-15(11-21(24(18)28)17-4-6-20(26)7-5-17)12-23-22(25(29)30)13-19(14-27-23)16-2-3-16/h4-11,13-14,16H,2-3,12H2,1H3,(H,29,30). The van der Waals surface area contributed by atoms with E-state index >= 15 is 0 Å². The monoisotopic (exact) mass is 400 g/mol. The van der Waals surface area contributed by atoms with Crippen LogP contribution < -0.4 is 0 Å². The van der Waals surface area contributed by atoms with Gasteiger partial charge in [-0.05, 0) is 71.8 Å². The van der Waals surface area contributed by atoms with Crippen molar-refractivity contribution in [2.75, 3.05) is 0 Å². The average molecular weight is 400 g/mol. The Balaban J connectivity index is 1.60. The molecule has 2 aromatic heterocycles. The number of fused-ring (bicyclic) bond motifs is 1. The maximum atomic E-state index is 13.4. The summed E-state index contributed by atoms with van der Waals surface area (Å²) in [7, 11) is 1.98. The number of carboxylic acid groups (broad SMARTS) is 1. The molecule has 1 N–H and O–H groups in total. The first-order valence-corrected chi connectivity index (χ1v) is 10.1. The fourth-order valence-corrected chi connectivity index (χ4v) is 4.13. The molecule has 0 unspecified atom stereocenters. The minimum Gasteiger partial charge on any atom is -0.478 e. The highest BCUT2D eigenvalue weighted by Crippen LogP contribution is 2.40. The molecule has 150 valence electrons.